The van der Waals surface area contributed by atoms with Gasteiger partial charge in [0.1, 0.15) is 16.3 Å². The SMILES string of the molecule is C.Cc1cc(S(=O)(=O)O)c2ccccc2c1N=Nc1c(C)nn(-c2ccccc2)c1C.Cc1cc([N+](=O)[O-])cc(N=Nc2c(C)nn(-c3ccccc3)c2C)c1C. The number of nitro benzene ring substituents is 1. The van der Waals surface area contributed by atoms with Gasteiger partial charge in [0.15, 0.2) is 0 Å². The molecule has 2 aromatic heterocycles. The van der Waals surface area contributed by atoms with Crippen molar-refractivity contribution in [1.29, 1.82) is 0 Å². The molecule has 0 saturated carbocycles. The van der Waals surface area contributed by atoms with E-state index in [1.165, 1.54) is 18.2 Å². The van der Waals surface area contributed by atoms with E-state index in [9.17, 15) is 23.1 Å². The number of aryl methyl sites for hydroxylation is 4. The molecule has 0 amide bonds. The van der Waals surface area contributed by atoms with Crippen LogP contribution < -0.4 is 0 Å². The first-order chi connectivity index (χ1) is 26.6. The number of non-ortho nitro benzene ring substituents is 1. The molecule has 292 valence electrons. The van der Waals surface area contributed by atoms with Crippen LogP contribution in [0.2, 0.25) is 0 Å². The molecular weight excluding hydrogens is 743 g/mol. The van der Waals surface area contributed by atoms with Crippen molar-refractivity contribution in [2.24, 2.45) is 20.5 Å². The third kappa shape index (κ3) is 8.74. The highest BCUT2D eigenvalue weighted by atomic mass is 32.2. The van der Waals surface area contributed by atoms with Crippen molar-refractivity contribution >= 4 is 49.3 Å². The summed E-state index contributed by atoms with van der Waals surface area (Å²) < 4.78 is 36.8. The van der Waals surface area contributed by atoms with Crippen LogP contribution in [0.4, 0.5) is 28.4 Å². The van der Waals surface area contributed by atoms with E-state index < -0.39 is 15.0 Å². The van der Waals surface area contributed by atoms with Gasteiger partial charge in [0.2, 0.25) is 0 Å². The molecule has 5 aromatic carbocycles. The average Bonchev–Trinajstić information content (AvgIpc) is 3.63. The molecule has 0 radical (unpaired) electrons. The van der Waals surface area contributed by atoms with Crippen molar-refractivity contribution in [2.75, 3.05) is 0 Å². The molecule has 0 aliphatic carbocycles. The maximum absolute atomic E-state index is 11.8. The lowest BCUT2D eigenvalue weighted by atomic mass is 10.1. The maximum Gasteiger partial charge on any atom is 0.295 e. The van der Waals surface area contributed by atoms with Crippen LogP contribution >= 0.6 is 0 Å². The van der Waals surface area contributed by atoms with Gasteiger partial charge in [-0.05, 0) is 95.5 Å². The molecule has 2 heterocycles. The van der Waals surface area contributed by atoms with Gasteiger partial charge in [-0.2, -0.15) is 18.6 Å². The van der Waals surface area contributed by atoms with Gasteiger partial charge in [0, 0.05) is 22.9 Å². The highest BCUT2D eigenvalue weighted by Crippen LogP contribution is 2.37. The van der Waals surface area contributed by atoms with Gasteiger partial charge in [-0.3, -0.25) is 14.7 Å². The number of rotatable bonds is 8. The third-order valence-corrected chi connectivity index (χ3v) is 10.2. The molecule has 15 heteroatoms. The van der Waals surface area contributed by atoms with Gasteiger partial charge in [0.25, 0.3) is 15.8 Å². The Hall–Kier alpha value is -6.71. The van der Waals surface area contributed by atoms with E-state index in [4.69, 9.17) is 0 Å². The normalized spacial score (nSPS) is 11.5. The smallest absolute Gasteiger partial charge is 0.282 e. The molecule has 7 rings (SSSR count). The monoisotopic (exact) mass is 785 g/mol. The molecule has 0 aliphatic rings. The number of hydrogen-bond acceptors (Lipinski definition) is 10. The number of hydrogen-bond donors (Lipinski definition) is 1. The summed E-state index contributed by atoms with van der Waals surface area (Å²) in [5.74, 6) is 0. The van der Waals surface area contributed by atoms with Crippen LogP contribution in [-0.2, 0) is 10.1 Å². The summed E-state index contributed by atoms with van der Waals surface area (Å²) in [5.41, 5.74) is 9.68. The van der Waals surface area contributed by atoms with E-state index in [0.717, 1.165) is 45.3 Å². The summed E-state index contributed by atoms with van der Waals surface area (Å²) in [6.07, 6.45) is 0. The molecule has 0 spiro atoms. The first kappa shape index (κ1) is 41.5. The van der Waals surface area contributed by atoms with E-state index in [0.29, 0.717) is 39.1 Å². The molecule has 14 nitrogen and oxygen atoms in total. The van der Waals surface area contributed by atoms with Crippen LogP contribution in [0.5, 0.6) is 0 Å². The number of aromatic nitrogens is 4. The van der Waals surface area contributed by atoms with E-state index in [1.807, 2.05) is 112 Å². The quantitative estimate of drug-likeness (QED) is 0.0687. The number of benzene rings is 5. The zero-order chi connectivity index (χ0) is 40.3. The Kier molecular flexibility index (Phi) is 12.3. The second-order valence-corrected chi connectivity index (χ2v) is 14.5. The van der Waals surface area contributed by atoms with Crippen LogP contribution in [-0.4, -0.2) is 37.5 Å². The minimum atomic E-state index is -4.36. The predicted molar refractivity (Wildman–Crippen MR) is 222 cm³/mol. The fourth-order valence-corrected chi connectivity index (χ4v) is 7.02. The predicted octanol–water partition coefficient (Wildman–Crippen LogP) is 11.7. The van der Waals surface area contributed by atoms with Crippen LogP contribution in [0.25, 0.3) is 22.1 Å². The molecule has 7 aromatic rings. The second-order valence-electron chi connectivity index (χ2n) is 13.2. The Bertz CT molecular complexity index is 2780. The van der Waals surface area contributed by atoms with Crippen molar-refractivity contribution in [3.63, 3.8) is 0 Å². The topological polar surface area (TPSA) is 183 Å². The van der Waals surface area contributed by atoms with Gasteiger partial charge in [-0.1, -0.05) is 68.1 Å². The molecule has 0 fully saturated rings. The number of para-hydroxylation sites is 2. The summed E-state index contributed by atoms with van der Waals surface area (Å²) in [6, 6.07) is 30.8. The fraction of sp³-hybridized carbons (Fsp3) is 0.190. The van der Waals surface area contributed by atoms with Crippen molar-refractivity contribution in [3.05, 3.63) is 153 Å². The molecule has 0 aliphatic heterocycles. The molecule has 0 unspecified atom stereocenters. The van der Waals surface area contributed by atoms with Gasteiger partial charge in [-0.25, -0.2) is 9.36 Å². The first-order valence-electron chi connectivity index (χ1n) is 17.5. The van der Waals surface area contributed by atoms with Crippen LogP contribution in [0.1, 0.15) is 46.9 Å². The van der Waals surface area contributed by atoms with Gasteiger partial charge in [-0.15, -0.1) is 20.5 Å². The minimum Gasteiger partial charge on any atom is -0.282 e. The van der Waals surface area contributed by atoms with Crippen LogP contribution in [0.3, 0.4) is 0 Å². The van der Waals surface area contributed by atoms with Gasteiger partial charge >= 0.3 is 0 Å². The summed E-state index contributed by atoms with van der Waals surface area (Å²) in [7, 11) is -4.36. The summed E-state index contributed by atoms with van der Waals surface area (Å²) in [6.45, 7) is 13.0. The van der Waals surface area contributed by atoms with Gasteiger partial charge < -0.3 is 0 Å². The highest BCUT2D eigenvalue weighted by Gasteiger charge is 2.19. The Labute approximate surface area is 331 Å². The van der Waals surface area contributed by atoms with Crippen molar-refractivity contribution < 1.29 is 17.9 Å². The highest BCUT2D eigenvalue weighted by molar-refractivity contribution is 7.86. The zero-order valence-electron chi connectivity index (χ0n) is 31.8. The lowest BCUT2D eigenvalue weighted by molar-refractivity contribution is -0.384. The van der Waals surface area contributed by atoms with E-state index >= 15 is 0 Å². The summed E-state index contributed by atoms with van der Waals surface area (Å²) in [4.78, 5) is 10.5. The van der Waals surface area contributed by atoms with Gasteiger partial charge in [0.05, 0.1) is 50.4 Å². The van der Waals surface area contributed by atoms with Crippen molar-refractivity contribution in [2.45, 2.75) is 60.8 Å². The molecule has 0 atom stereocenters. The average molecular weight is 786 g/mol. The Morgan fingerprint density at radius 1 is 0.614 bits per heavy atom. The Morgan fingerprint density at radius 2 is 1.07 bits per heavy atom. The Balaban J connectivity index is 0.000000216. The molecule has 0 saturated heterocycles. The molecule has 57 heavy (non-hydrogen) atoms. The van der Waals surface area contributed by atoms with Crippen molar-refractivity contribution in [1.82, 2.24) is 19.6 Å². The fourth-order valence-electron chi connectivity index (χ4n) is 6.24. The number of azo groups is 2. The largest absolute Gasteiger partial charge is 0.295 e. The minimum absolute atomic E-state index is 0. The third-order valence-electron chi connectivity index (χ3n) is 9.30. The molecular formula is C42H43N9O5S. The molecule has 1 N–H and O–H groups in total. The standard InChI is InChI=1S/C22H20N4O3S.C19H19N5O2.CH4/c1-14-13-20(30(27,28)29)18-11-7-8-12-19(18)21(14)23-24-22-15(2)25-26(16(22)3)17-9-5-4-6-10-17;1-12-10-17(24(25)26)11-18(13(12)2)20-21-19-14(3)22-23(15(19)4)16-8-6-5-7-9-16;/h4-13H,1-3H3,(H,27,28,29);5-11H,1-4H3;1H4. The van der Waals surface area contributed by atoms with E-state index in [2.05, 4.69) is 30.7 Å². The maximum atomic E-state index is 11.8. The Morgan fingerprint density at radius 3 is 1.56 bits per heavy atom. The van der Waals surface area contributed by atoms with Crippen LogP contribution in [0.15, 0.2) is 128 Å². The summed E-state index contributed by atoms with van der Waals surface area (Å²) in [5, 5.41) is 38.7. The van der Waals surface area contributed by atoms with Crippen LogP contribution in [0, 0.1) is 58.6 Å². The second kappa shape index (κ2) is 17.0. The number of nitrogens with zero attached hydrogens (tertiary/aromatic N) is 9. The lowest BCUT2D eigenvalue weighted by Crippen LogP contribution is -2.00. The lowest BCUT2D eigenvalue weighted by Gasteiger charge is -2.09. The zero-order valence-corrected chi connectivity index (χ0v) is 32.6. The van der Waals surface area contributed by atoms with E-state index in [-0.39, 0.29) is 18.0 Å². The first-order valence-corrected chi connectivity index (χ1v) is 18.9. The summed E-state index contributed by atoms with van der Waals surface area (Å²) >= 11 is 0. The number of fused-ring (bicyclic) bond motifs is 1. The van der Waals surface area contributed by atoms with Crippen molar-refractivity contribution in [3.8, 4) is 11.4 Å². The number of nitro groups is 1. The molecule has 0 bridgehead atoms. The van der Waals surface area contributed by atoms with E-state index in [1.54, 1.807) is 31.2 Å².